The van der Waals surface area contributed by atoms with Crippen molar-refractivity contribution in [1.29, 1.82) is 0 Å². The van der Waals surface area contributed by atoms with Crippen molar-refractivity contribution >= 4 is 27.3 Å². The molecule has 0 fully saturated rings. The van der Waals surface area contributed by atoms with Gasteiger partial charge in [-0.25, -0.2) is 8.78 Å². The first-order chi connectivity index (χ1) is 7.99. The second-order valence-electron chi connectivity index (χ2n) is 3.64. The number of hydrogen-bond acceptors (Lipinski definition) is 2. The van der Waals surface area contributed by atoms with Gasteiger partial charge in [0, 0.05) is 21.0 Å². The molecule has 0 aliphatic heterocycles. The van der Waals surface area contributed by atoms with Crippen molar-refractivity contribution in [1.82, 2.24) is 0 Å². The molecule has 0 radical (unpaired) electrons. The van der Waals surface area contributed by atoms with Crippen LogP contribution < -0.4 is 0 Å². The van der Waals surface area contributed by atoms with Crippen molar-refractivity contribution in [2.75, 3.05) is 0 Å². The third kappa shape index (κ3) is 2.56. The third-order valence-electron chi connectivity index (χ3n) is 2.34. The number of halogens is 3. The second kappa shape index (κ2) is 4.84. The Labute approximate surface area is 110 Å². The molecule has 5 heteroatoms. The van der Waals surface area contributed by atoms with Crippen molar-refractivity contribution in [2.24, 2.45) is 0 Å². The summed E-state index contributed by atoms with van der Waals surface area (Å²) in [4.78, 5) is 1.63. The van der Waals surface area contributed by atoms with Gasteiger partial charge < -0.3 is 5.11 Å². The number of rotatable bonds is 2. The Morgan fingerprint density at radius 2 is 2.00 bits per heavy atom. The van der Waals surface area contributed by atoms with Gasteiger partial charge in [0.05, 0.1) is 4.88 Å². The molecule has 2 rings (SSSR count). The molecule has 0 spiro atoms. The number of thiophene rings is 1. The summed E-state index contributed by atoms with van der Waals surface area (Å²) in [5, 5.41) is 10.1. The quantitative estimate of drug-likeness (QED) is 0.880. The van der Waals surface area contributed by atoms with Crippen LogP contribution in [0.1, 0.15) is 21.4 Å². The van der Waals surface area contributed by atoms with Gasteiger partial charge in [-0.15, -0.1) is 11.3 Å². The summed E-state index contributed by atoms with van der Waals surface area (Å²) in [5.41, 5.74) is 0.0777. The molecule has 1 heterocycles. The minimum absolute atomic E-state index is 0.0777. The lowest BCUT2D eigenvalue weighted by Crippen LogP contribution is -2.01. The first-order valence-corrected chi connectivity index (χ1v) is 6.49. The molecular formula is C12H9BrF2OS. The van der Waals surface area contributed by atoms with E-state index in [4.69, 9.17) is 0 Å². The predicted octanol–water partition coefficient (Wildman–Crippen LogP) is 4.18. The molecule has 1 nitrogen and oxygen atoms in total. The van der Waals surface area contributed by atoms with Gasteiger partial charge >= 0.3 is 0 Å². The molecule has 1 unspecified atom stereocenters. The van der Waals surface area contributed by atoms with E-state index in [-0.39, 0.29) is 5.56 Å². The molecule has 17 heavy (non-hydrogen) atoms. The van der Waals surface area contributed by atoms with Crippen molar-refractivity contribution in [3.05, 3.63) is 55.7 Å². The molecule has 0 amide bonds. The third-order valence-corrected chi connectivity index (χ3v) is 4.36. The number of benzene rings is 1. The Hall–Kier alpha value is -0.780. The highest BCUT2D eigenvalue weighted by molar-refractivity contribution is 9.10. The minimum atomic E-state index is -1.08. The maximum absolute atomic E-state index is 13.5. The van der Waals surface area contributed by atoms with E-state index in [1.165, 1.54) is 17.4 Å². The van der Waals surface area contributed by atoms with Gasteiger partial charge in [0.1, 0.15) is 17.7 Å². The summed E-state index contributed by atoms with van der Waals surface area (Å²) in [5.74, 6) is -1.39. The lowest BCUT2D eigenvalue weighted by atomic mass is 10.1. The van der Waals surface area contributed by atoms with Crippen LogP contribution in [0.15, 0.2) is 28.7 Å². The minimum Gasteiger partial charge on any atom is -0.383 e. The zero-order chi connectivity index (χ0) is 12.6. The van der Waals surface area contributed by atoms with Crippen molar-refractivity contribution in [3.63, 3.8) is 0 Å². The van der Waals surface area contributed by atoms with Crippen LogP contribution in [0.25, 0.3) is 0 Å². The van der Waals surface area contributed by atoms with E-state index < -0.39 is 17.7 Å². The molecular weight excluding hydrogens is 310 g/mol. The predicted molar refractivity (Wildman–Crippen MR) is 67.2 cm³/mol. The van der Waals surface area contributed by atoms with E-state index in [1.807, 2.05) is 13.0 Å². The van der Waals surface area contributed by atoms with Gasteiger partial charge in [-0.1, -0.05) is 6.07 Å². The van der Waals surface area contributed by atoms with Crippen LogP contribution in [-0.2, 0) is 0 Å². The molecule has 2 aromatic rings. The molecule has 1 aromatic heterocycles. The average Bonchev–Trinajstić information content (AvgIpc) is 2.57. The van der Waals surface area contributed by atoms with Crippen LogP contribution in [0.4, 0.5) is 8.78 Å². The van der Waals surface area contributed by atoms with E-state index in [0.717, 1.165) is 21.5 Å². The topological polar surface area (TPSA) is 20.2 Å². The maximum Gasteiger partial charge on any atom is 0.132 e. The Morgan fingerprint density at radius 1 is 1.29 bits per heavy atom. The zero-order valence-corrected chi connectivity index (χ0v) is 11.3. The zero-order valence-electron chi connectivity index (χ0n) is 8.88. The largest absolute Gasteiger partial charge is 0.383 e. The van der Waals surface area contributed by atoms with E-state index in [0.29, 0.717) is 4.88 Å². The summed E-state index contributed by atoms with van der Waals surface area (Å²) in [7, 11) is 0. The molecule has 0 aliphatic carbocycles. The van der Waals surface area contributed by atoms with Gasteiger partial charge in [0.2, 0.25) is 0 Å². The lowest BCUT2D eigenvalue weighted by molar-refractivity contribution is 0.218. The number of aliphatic hydroxyl groups excluding tert-OH is 1. The number of hydrogen-bond donors (Lipinski definition) is 1. The van der Waals surface area contributed by atoms with E-state index in [1.54, 1.807) is 0 Å². The molecule has 90 valence electrons. The summed E-state index contributed by atoms with van der Waals surface area (Å²) in [6.07, 6.45) is -1.08. The lowest BCUT2D eigenvalue weighted by Gasteiger charge is -2.10. The molecule has 1 aromatic carbocycles. The Bertz CT molecular complexity index is 553. The highest BCUT2D eigenvalue weighted by Crippen LogP contribution is 2.36. The van der Waals surface area contributed by atoms with Gasteiger partial charge in [0.25, 0.3) is 0 Å². The Kier molecular flexibility index (Phi) is 3.61. The molecule has 0 bridgehead atoms. The molecule has 1 N–H and O–H groups in total. The van der Waals surface area contributed by atoms with Crippen molar-refractivity contribution < 1.29 is 13.9 Å². The first-order valence-electron chi connectivity index (χ1n) is 4.88. The summed E-state index contributed by atoms with van der Waals surface area (Å²) in [6.45, 7) is 1.90. The van der Waals surface area contributed by atoms with Crippen LogP contribution >= 0.6 is 27.3 Å². The summed E-state index contributed by atoms with van der Waals surface area (Å²) < 4.78 is 27.0. The maximum atomic E-state index is 13.5. The average molecular weight is 319 g/mol. The normalized spacial score (nSPS) is 12.8. The van der Waals surface area contributed by atoms with Gasteiger partial charge in [-0.3, -0.25) is 0 Å². The van der Waals surface area contributed by atoms with Crippen LogP contribution in [0.3, 0.4) is 0 Å². The first kappa shape index (κ1) is 12.7. The van der Waals surface area contributed by atoms with Crippen molar-refractivity contribution in [3.8, 4) is 0 Å². The fourth-order valence-corrected chi connectivity index (χ4v) is 3.43. The highest BCUT2D eigenvalue weighted by Gasteiger charge is 2.19. The fraction of sp³-hybridized carbons (Fsp3) is 0.167. The second-order valence-corrected chi connectivity index (χ2v) is 5.78. The molecule has 0 saturated carbocycles. The van der Waals surface area contributed by atoms with Crippen molar-refractivity contribution in [2.45, 2.75) is 13.0 Å². The van der Waals surface area contributed by atoms with Gasteiger partial charge in [0.15, 0.2) is 0 Å². The van der Waals surface area contributed by atoms with Crippen LogP contribution in [0.5, 0.6) is 0 Å². The van der Waals surface area contributed by atoms with Crippen LogP contribution in [-0.4, -0.2) is 5.11 Å². The summed E-state index contributed by atoms with van der Waals surface area (Å²) in [6, 6.07) is 5.02. The fourth-order valence-electron chi connectivity index (χ4n) is 1.55. The van der Waals surface area contributed by atoms with Crippen LogP contribution in [0, 0.1) is 18.6 Å². The Balaban J connectivity index is 2.43. The van der Waals surface area contributed by atoms with E-state index in [2.05, 4.69) is 15.9 Å². The SMILES string of the molecule is Cc1cc(Br)c(C(O)c2ccc(F)cc2F)s1. The van der Waals surface area contributed by atoms with Gasteiger partial charge in [-0.05, 0) is 35.0 Å². The monoisotopic (exact) mass is 318 g/mol. The van der Waals surface area contributed by atoms with E-state index in [9.17, 15) is 13.9 Å². The number of aryl methyl sites for hydroxylation is 1. The molecule has 1 atom stereocenters. The standard InChI is InChI=1S/C12H9BrF2OS/c1-6-4-9(13)12(17-6)11(16)8-3-2-7(14)5-10(8)15/h2-5,11,16H,1H3. The molecule has 0 saturated heterocycles. The smallest absolute Gasteiger partial charge is 0.132 e. The van der Waals surface area contributed by atoms with E-state index >= 15 is 0 Å². The molecule has 0 aliphatic rings. The highest BCUT2D eigenvalue weighted by atomic mass is 79.9. The Morgan fingerprint density at radius 3 is 2.53 bits per heavy atom. The number of aliphatic hydroxyl groups is 1. The summed E-state index contributed by atoms with van der Waals surface area (Å²) >= 11 is 4.68. The van der Waals surface area contributed by atoms with Crippen LogP contribution in [0.2, 0.25) is 0 Å². The van der Waals surface area contributed by atoms with Gasteiger partial charge in [-0.2, -0.15) is 0 Å².